The Morgan fingerprint density at radius 1 is 1.00 bits per heavy atom. The summed E-state index contributed by atoms with van der Waals surface area (Å²) in [6, 6.07) is 12.4. The summed E-state index contributed by atoms with van der Waals surface area (Å²) in [5, 5.41) is 0.766. The third-order valence-corrected chi connectivity index (χ3v) is 3.12. The molecule has 0 spiro atoms. The quantitative estimate of drug-likeness (QED) is 0.679. The van der Waals surface area contributed by atoms with Crippen molar-refractivity contribution in [2.75, 3.05) is 0 Å². The molecule has 0 aromatic heterocycles. The first-order chi connectivity index (χ1) is 8.09. The van der Waals surface area contributed by atoms with Crippen molar-refractivity contribution in [3.63, 3.8) is 0 Å². The molecule has 17 heavy (non-hydrogen) atoms. The van der Waals surface area contributed by atoms with Gasteiger partial charge in [0.15, 0.2) is 0 Å². The van der Waals surface area contributed by atoms with Gasteiger partial charge in [0.05, 0.1) is 0 Å². The SMILES string of the molecule is CC(C)c1c(Cl)cccc1-c1ccc(F)cc1. The predicted molar refractivity (Wildman–Crippen MR) is 70.9 cm³/mol. The zero-order valence-electron chi connectivity index (χ0n) is 9.87. The highest BCUT2D eigenvalue weighted by atomic mass is 35.5. The lowest BCUT2D eigenvalue weighted by Gasteiger charge is -2.14. The molecule has 2 rings (SSSR count). The van der Waals surface area contributed by atoms with Gasteiger partial charge in [-0.2, -0.15) is 0 Å². The highest BCUT2D eigenvalue weighted by Gasteiger charge is 2.12. The first kappa shape index (κ1) is 12.1. The number of rotatable bonds is 2. The molecular formula is C15H14ClF. The normalized spacial score (nSPS) is 10.9. The lowest BCUT2D eigenvalue weighted by Crippen LogP contribution is -1.93. The van der Waals surface area contributed by atoms with Crippen molar-refractivity contribution in [3.8, 4) is 11.1 Å². The molecule has 0 saturated carbocycles. The van der Waals surface area contributed by atoms with Gasteiger partial charge in [-0.25, -0.2) is 4.39 Å². The highest BCUT2D eigenvalue weighted by Crippen LogP contribution is 2.34. The van der Waals surface area contributed by atoms with E-state index in [-0.39, 0.29) is 5.82 Å². The van der Waals surface area contributed by atoms with Gasteiger partial charge in [-0.1, -0.05) is 49.7 Å². The average Bonchev–Trinajstić information content (AvgIpc) is 2.29. The van der Waals surface area contributed by atoms with Crippen molar-refractivity contribution in [2.24, 2.45) is 0 Å². The zero-order valence-corrected chi connectivity index (χ0v) is 10.6. The van der Waals surface area contributed by atoms with Gasteiger partial charge in [0, 0.05) is 5.02 Å². The minimum atomic E-state index is -0.220. The summed E-state index contributed by atoms with van der Waals surface area (Å²) in [5.41, 5.74) is 3.19. The van der Waals surface area contributed by atoms with Crippen LogP contribution in [0.4, 0.5) is 4.39 Å². The summed E-state index contributed by atoms with van der Waals surface area (Å²) in [6.07, 6.45) is 0. The molecule has 2 heteroatoms. The number of hydrogen-bond donors (Lipinski definition) is 0. The van der Waals surface area contributed by atoms with Crippen LogP contribution in [0.2, 0.25) is 5.02 Å². The van der Waals surface area contributed by atoms with Gasteiger partial charge < -0.3 is 0 Å². The van der Waals surface area contributed by atoms with E-state index >= 15 is 0 Å². The molecule has 2 aromatic rings. The molecule has 0 fully saturated rings. The van der Waals surface area contributed by atoms with Gasteiger partial charge in [0.25, 0.3) is 0 Å². The Labute approximate surface area is 106 Å². The van der Waals surface area contributed by atoms with Gasteiger partial charge in [-0.15, -0.1) is 0 Å². The molecule has 0 aliphatic carbocycles. The van der Waals surface area contributed by atoms with Crippen LogP contribution in [-0.4, -0.2) is 0 Å². The smallest absolute Gasteiger partial charge is 0.123 e. The van der Waals surface area contributed by atoms with E-state index in [9.17, 15) is 4.39 Å². The van der Waals surface area contributed by atoms with Crippen molar-refractivity contribution in [1.29, 1.82) is 0 Å². The van der Waals surface area contributed by atoms with E-state index in [4.69, 9.17) is 11.6 Å². The Balaban J connectivity index is 2.59. The molecule has 2 aromatic carbocycles. The molecule has 88 valence electrons. The first-order valence-corrected chi connectivity index (χ1v) is 6.01. The van der Waals surface area contributed by atoms with Crippen LogP contribution in [-0.2, 0) is 0 Å². The Kier molecular flexibility index (Phi) is 3.49. The standard InChI is InChI=1S/C15H14ClF/c1-10(2)15-13(4-3-5-14(15)16)11-6-8-12(17)9-7-11/h3-10H,1-2H3. The molecule has 0 atom stereocenters. The molecule has 0 heterocycles. The molecule has 0 saturated heterocycles. The van der Waals surface area contributed by atoms with Gasteiger partial charge >= 0.3 is 0 Å². The largest absolute Gasteiger partial charge is 0.207 e. The molecule has 0 N–H and O–H groups in total. The monoisotopic (exact) mass is 248 g/mol. The Bertz CT molecular complexity index is 515. The minimum absolute atomic E-state index is 0.220. The van der Waals surface area contributed by atoms with E-state index in [0.717, 1.165) is 21.7 Å². The second-order valence-corrected chi connectivity index (χ2v) is 4.77. The molecule has 0 nitrogen and oxygen atoms in total. The van der Waals surface area contributed by atoms with Crippen LogP contribution < -0.4 is 0 Å². The lowest BCUT2D eigenvalue weighted by molar-refractivity contribution is 0.628. The lowest BCUT2D eigenvalue weighted by atomic mass is 9.92. The summed E-state index contributed by atoms with van der Waals surface area (Å²) in [5.74, 6) is 0.116. The van der Waals surface area contributed by atoms with Crippen LogP contribution in [0.1, 0.15) is 25.3 Å². The van der Waals surface area contributed by atoms with Gasteiger partial charge in [-0.05, 0) is 40.8 Å². The molecule has 0 bridgehead atoms. The van der Waals surface area contributed by atoms with Crippen molar-refractivity contribution >= 4 is 11.6 Å². The van der Waals surface area contributed by atoms with Crippen LogP contribution in [0.15, 0.2) is 42.5 Å². The summed E-state index contributed by atoms with van der Waals surface area (Å²) in [6.45, 7) is 4.21. The minimum Gasteiger partial charge on any atom is -0.207 e. The number of hydrogen-bond acceptors (Lipinski definition) is 0. The van der Waals surface area contributed by atoms with Gasteiger partial charge in [0.2, 0.25) is 0 Å². The number of benzene rings is 2. The van der Waals surface area contributed by atoms with E-state index < -0.39 is 0 Å². The molecule has 0 unspecified atom stereocenters. The fourth-order valence-electron chi connectivity index (χ4n) is 2.00. The summed E-state index contributed by atoms with van der Waals surface area (Å²) in [7, 11) is 0. The summed E-state index contributed by atoms with van der Waals surface area (Å²) in [4.78, 5) is 0. The third-order valence-electron chi connectivity index (χ3n) is 2.79. The molecule has 0 radical (unpaired) electrons. The molecule has 0 aliphatic rings. The summed E-state index contributed by atoms with van der Waals surface area (Å²) >= 11 is 6.23. The number of halogens is 2. The van der Waals surface area contributed by atoms with Crippen LogP contribution >= 0.6 is 11.6 Å². The average molecular weight is 249 g/mol. The fraction of sp³-hybridized carbons (Fsp3) is 0.200. The van der Waals surface area contributed by atoms with Crippen LogP contribution in [0.25, 0.3) is 11.1 Å². The predicted octanol–water partition coefficient (Wildman–Crippen LogP) is 5.27. The zero-order chi connectivity index (χ0) is 12.4. The van der Waals surface area contributed by atoms with Crippen molar-refractivity contribution in [2.45, 2.75) is 19.8 Å². The fourth-order valence-corrected chi connectivity index (χ4v) is 2.40. The third kappa shape index (κ3) is 2.50. The second kappa shape index (κ2) is 4.89. The second-order valence-electron chi connectivity index (χ2n) is 4.36. The maximum absolute atomic E-state index is 12.9. The van der Waals surface area contributed by atoms with Crippen LogP contribution in [0.5, 0.6) is 0 Å². The van der Waals surface area contributed by atoms with Gasteiger partial charge in [0.1, 0.15) is 5.82 Å². The molecule has 0 aliphatic heterocycles. The Hall–Kier alpha value is -1.34. The Morgan fingerprint density at radius 3 is 2.24 bits per heavy atom. The molecule has 0 amide bonds. The maximum atomic E-state index is 12.9. The van der Waals surface area contributed by atoms with E-state index in [1.54, 1.807) is 12.1 Å². The van der Waals surface area contributed by atoms with E-state index in [1.807, 2.05) is 18.2 Å². The summed E-state index contributed by atoms with van der Waals surface area (Å²) < 4.78 is 12.9. The van der Waals surface area contributed by atoms with Crippen molar-refractivity contribution in [3.05, 3.63) is 58.9 Å². The Morgan fingerprint density at radius 2 is 1.65 bits per heavy atom. The van der Waals surface area contributed by atoms with Gasteiger partial charge in [-0.3, -0.25) is 0 Å². The molecular weight excluding hydrogens is 235 g/mol. The van der Waals surface area contributed by atoms with E-state index in [2.05, 4.69) is 13.8 Å². The van der Waals surface area contributed by atoms with E-state index in [1.165, 1.54) is 12.1 Å². The van der Waals surface area contributed by atoms with E-state index in [0.29, 0.717) is 5.92 Å². The van der Waals surface area contributed by atoms with Crippen LogP contribution in [0, 0.1) is 5.82 Å². The topological polar surface area (TPSA) is 0 Å². The maximum Gasteiger partial charge on any atom is 0.123 e. The van der Waals surface area contributed by atoms with Crippen molar-refractivity contribution < 1.29 is 4.39 Å². The van der Waals surface area contributed by atoms with Crippen LogP contribution in [0.3, 0.4) is 0 Å². The van der Waals surface area contributed by atoms with Crippen molar-refractivity contribution in [1.82, 2.24) is 0 Å². The first-order valence-electron chi connectivity index (χ1n) is 5.64. The highest BCUT2D eigenvalue weighted by molar-refractivity contribution is 6.31.